The van der Waals surface area contributed by atoms with Crippen molar-refractivity contribution in [1.82, 2.24) is 10.3 Å². The number of methoxy groups -OCH3 is 1. The van der Waals surface area contributed by atoms with Gasteiger partial charge in [-0.25, -0.2) is 9.78 Å². The Morgan fingerprint density at radius 1 is 1.59 bits per heavy atom. The normalized spacial score (nSPS) is 12.2. The van der Waals surface area contributed by atoms with Gasteiger partial charge in [0.25, 0.3) is 0 Å². The van der Waals surface area contributed by atoms with Crippen LogP contribution in [0.1, 0.15) is 27.3 Å². The van der Waals surface area contributed by atoms with Crippen LogP contribution in [-0.4, -0.2) is 35.2 Å². The van der Waals surface area contributed by atoms with Crippen molar-refractivity contribution in [3.63, 3.8) is 0 Å². The zero-order valence-corrected chi connectivity index (χ0v) is 10.6. The predicted octanol–water partition coefficient (Wildman–Crippen LogP) is 0.801. The Morgan fingerprint density at radius 2 is 2.24 bits per heavy atom. The number of carboxylic acid groups (broad SMARTS) is 1. The maximum atomic E-state index is 11.4. The average molecular weight is 258 g/mol. The molecule has 1 amide bonds. The third-order valence-corrected chi connectivity index (χ3v) is 3.32. The van der Waals surface area contributed by atoms with Crippen LogP contribution in [0.2, 0.25) is 0 Å². The van der Waals surface area contributed by atoms with Crippen molar-refractivity contribution < 1.29 is 19.4 Å². The standard InChI is InChI=1S/C10H14N2O4S/c1-5-8(10(14)15)17-7(12-5)4-11-9(13)6(2)16-3/h6H,4H2,1-3H3,(H,11,13)(H,14,15). The lowest BCUT2D eigenvalue weighted by Crippen LogP contribution is -2.33. The highest BCUT2D eigenvalue weighted by Crippen LogP contribution is 2.17. The van der Waals surface area contributed by atoms with E-state index in [0.29, 0.717) is 10.7 Å². The molecule has 1 rings (SSSR count). The number of carbonyl (C=O) groups is 2. The molecule has 1 aromatic heterocycles. The summed E-state index contributed by atoms with van der Waals surface area (Å²) in [7, 11) is 1.44. The largest absolute Gasteiger partial charge is 0.477 e. The monoisotopic (exact) mass is 258 g/mol. The smallest absolute Gasteiger partial charge is 0.347 e. The number of aromatic nitrogens is 1. The van der Waals surface area contributed by atoms with Crippen LogP contribution in [0.5, 0.6) is 0 Å². The Bertz CT molecular complexity index is 430. The molecule has 1 heterocycles. The Labute approximate surface area is 103 Å². The number of aryl methyl sites for hydroxylation is 1. The van der Waals surface area contributed by atoms with E-state index in [1.807, 2.05) is 0 Å². The van der Waals surface area contributed by atoms with Crippen molar-refractivity contribution in [2.45, 2.75) is 26.5 Å². The molecule has 0 aliphatic rings. The molecule has 0 bridgehead atoms. The number of carboxylic acids is 1. The molecule has 6 nitrogen and oxygen atoms in total. The van der Waals surface area contributed by atoms with E-state index in [-0.39, 0.29) is 17.3 Å². The molecule has 7 heteroatoms. The maximum Gasteiger partial charge on any atom is 0.347 e. The van der Waals surface area contributed by atoms with E-state index in [4.69, 9.17) is 9.84 Å². The molecule has 0 aliphatic carbocycles. The van der Waals surface area contributed by atoms with Gasteiger partial charge in [0.15, 0.2) is 0 Å². The van der Waals surface area contributed by atoms with E-state index in [1.165, 1.54) is 7.11 Å². The third kappa shape index (κ3) is 3.50. The molecule has 17 heavy (non-hydrogen) atoms. The topological polar surface area (TPSA) is 88.5 Å². The highest BCUT2D eigenvalue weighted by atomic mass is 32.1. The first kappa shape index (κ1) is 13.6. The van der Waals surface area contributed by atoms with Gasteiger partial charge in [-0.05, 0) is 13.8 Å². The second-order valence-electron chi connectivity index (χ2n) is 3.42. The summed E-state index contributed by atoms with van der Waals surface area (Å²) >= 11 is 1.06. The van der Waals surface area contributed by atoms with E-state index >= 15 is 0 Å². The van der Waals surface area contributed by atoms with Crippen LogP contribution in [0.4, 0.5) is 0 Å². The fourth-order valence-electron chi connectivity index (χ4n) is 1.14. The fourth-order valence-corrected chi connectivity index (χ4v) is 1.98. The Hall–Kier alpha value is -1.47. The van der Waals surface area contributed by atoms with Crippen molar-refractivity contribution >= 4 is 23.2 Å². The minimum atomic E-state index is -0.997. The highest BCUT2D eigenvalue weighted by molar-refractivity contribution is 7.13. The summed E-state index contributed by atoms with van der Waals surface area (Å²) < 4.78 is 4.84. The van der Waals surface area contributed by atoms with Gasteiger partial charge in [0.1, 0.15) is 16.0 Å². The van der Waals surface area contributed by atoms with E-state index in [1.54, 1.807) is 13.8 Å². The number of hydrogen-bond donors (Lipinski definition) is 2. The Kier molecular flexibility index (Phi) is 4.59. The highest BCUT2D eigenvalue weighted by Gasteiger charge is 2.15. The molecule has 1 atom stereocenters. The lowest BCUT2D eigenvalue weighted by atomic mass is 10.4. The summed E-state index contributed by atoms with van der Waals surface area (Å²) in [6.07, 6.45) is -0.532. The number of hydrogen-bond acceptors (Lipinski definition) is 5. The number of thiazole rings is 1. The first-order valence-corrected chi connectivity index (χ1v) is 5.77. The second-order valence-corrected chi connectivity index (χ2v) is 4.51. The van der Waals surface area contributed by atoms with Gasteiger partial charge in [-0.3, -0.25) is 4.79 Å². The van der Waals surface area contributed by atoms with Crippen molar-refractivity contribution in [2.75, 3.05) is 7.11 Å². The molecular weight excluding hydrogens is 244 g/mol. The van der Waals surface area contributed by atoms with Crippen molar-refractivity contribution in [2.24, 2.45) is 0 Å². The molecule has 0 aromatic carbocycles. The number of ether oxygens (including phenoxy) is 1. The number of amides is 1. The average Bonchev–Trinajstić information content (AvgIpc) is 2.66. The lowest BCUT2D eigenvalue weighted by Gasteiger charge is -2.08. The van der Waals surface area contributed by atoms with Crippen molar-refractivity contribution in [3.05, 3.63) is 15.6 Å². The quantitative estimate of drug-likeness (QED) is 0.815. The van der Waals surface area contributed by atoms with Crippen LogP contribution in [0.3, 0.4) is 0 Å². The van der Waals surface area contributed by atoms with Gasteiger partial charge >= 0.3 is 5.97 Å². The van der Waals surface area contributed by atoms with E-state index < -0.39 is 12.1 Å². The van der Waals surface area contributed by atoms with Crippen LogP contribution in [0.15, 0.2) is 0 Å². The molecule has 94 valence electrons. The summed E-state index contributed by atoms with van der Waals surface area (Å²) in [6.45, 7) is 3.47. The maximum absolute atomic E-state index is 11.4. The number of rotatable bonds is 5. The summed E-state index contributed by atoms with van der Waals surface area (Å²) in [4.78, 5) is 26.5. The molecule has 0 spiro atoms. The van der Waals surface area contributed by atoms with Crippen LogP contribution in [-0.2, 0) is 16.1 Å². The second kappa shape index (κ2) is 5.74. The van der Waals surface area contributed by atoms with E-state index in [0.717, 1.165) is 11.3 Å². The zero-order valence-electron chi connectivity index (χ0n) is 9.81. The summed E-state index contributed by atoms with van der Waals surface area (Å²) in [6, 6.07) is 0. The lowest BCUT2D eigenvalue weighted by molar-refractivity contribution is -0.130. The van der Waals surface area contributed by atoms with Gasteiger partial charge in [0, 0.05) is 7.11 Å². The molecular formula is C10H14N2O4S. The minimum absolute atomic E-state index is 0.203. The van der Waals surface area contributed by atoms with Gasteiger partial charge < -0.3 is 15.2 Å². The molecule has 0 saturated carbocycles. The zero-order chi connectivity index (χ0) is 13.0. The molecule has 2 N–H and O–H groups in total. The summed E-state index contributed by atoms with van der Waals surface area (Å²) in [5, 5.41) is 12.0. The van der Waals surface area contributed by atoms with Crippen LogP contribution >= 0.6 is 11.3 Å². The first-order valence-electron chi connectivity index (χ1n) is 4.95. The Morgan fingerprint density at radius 3 is 2.71 bits per heavy atom. The molecule has 0 radical (unpaired) electrons. The first-order chi connectivity index (χ1) is 7.95. The van der Waals surface area contributed by atoms with Gasteiger partial charge in [-0.1, -0.05) is 0 Å². The number of aromatic carboxylic acids is 1. The van der Waals surface area contributed by atoms with Crippen molar-refractivity contribution in [3.8, 4) is 0 Å². The fraction of sp³-hybridized carbons (Fsp3) is 0.500. The van der Waals surface area contributed by atoms with Gasteiger partial charge in [0.05, 0.1) is 12.2 Å². The van der Waals surface area contributed by atoms with Crippen LogP contribution in [0, 0.1) is 6.92 Å². The van der Waals surface area contributed by atoms with Gasteiger partial charge in [-0.2, -0.15) is 0 Å². The van der Waals surface area contributed by atoms with E-state index in [9.17, 15) is 9.59 Å². The van der Waals surface area contributed by atoms with Gasteiger partial charge in [-0.15, -0.1) is 11.3 Å². The molecule has 0 saturated heterocycles. The predicted molar refractivity (Wildman–Crippen MR) is 62.1 cm³/mol. The number of carbonyl (C=O) groups excluding carboxylic acids is 1. The molecule has 1 unspecified atom stereocenters. The molecule has 0 fully saturated rings. The van der Waals surface area contributed by atoms with Crippen molar-refractivity contribution in [1.29, 1.82) is 0 Å². The SMILES string of the molecule is COC(C)C(=O)NCc1nc(C)c(C(=O)O)s1. The molecule has 1 aromatic rings. The van der Waals surface area contributed by atoms with Crippen LogP contribution in [0.25, 0.3) is 0 Å². The number of nitrogens with one attached hydrogen (secondary N) is 1. The van der Waals surface area contributed by atoms with E-state index in [2.05, 4.69) is 10.3 Å². The number of nitrogens with zero attached hydrogens (tertiary/aromatic N) is 1. The summed E-state index contributed by atoms with van der Waals surface area (Å²) in [5.74, 6) is -1.25. The van der Waals surface area contributed by atoms with Gasteiger partial charge in [0.2, 0.25) is 5.91 Å². The Balaban J connectivity index is 2.61. The summed E-state index contributed by atoms with van der Waals surface area (Å²) in [5.41, 5.74) is 0.464. The molecule has 0 aliphatic heterocycles. The third-order valence-electron chi connectivity index (χ3n) is 2.17. The minimum Gasteiger partial charge on any atom is -0.477 e. The van der Waals surface area contributed by atoms with Crippen LogP contribution < -0.4 is 5.32 Å².